The first-order valence-electron chi connectivity index (χ1n) is 9.61. The van der Waals surface area contributed by atoms with Crippen LogP contribution in [0.15, 0.2) is 77.8 Å². The van der Waals surface area contributed by atoms with E-state index in [9.17, 15) is 19.2 Å². The van der Waals surface area contributed by atoms with Crippen LogP contribution >= 0.6 is 0 Å². The second kappa shape index (κ2) is 8.46. The standard InChI is InChI=1S/C24H18FN3O3/c1-31-23-11-18-16(10-21(23)29)13-28(14-22(30)19-7-2-3-8-27-19)20(12-26)24(18)15-5-4-6-17(25)9-15/h2-9,11,13,23H,10,14H2,1H3. The minimum absolute atomic E-state index is 0.0795. The first-order chi connectivity index (χ1) is 15.0. The van der Waals surface area contributed by atoms with Crippen molar-refractivity contribution in [2.24, 2.45) is 0 Å². The van der Waals surface area contributed by atoms with Crippen LogP contribution < -0.4 is 0 Å². The third-order valence-corrected chi connectivity index (χ3v) is 5.19. The van der Waals surface area contributed by atoms with E-state index in [1.165, 1.54) is 30.3 Å². The first-order valence-corrected chi connectivity index (χ1v) is 9.61. The Hall–Kier alpha value is -3.89. The Morgan fingerprint density at radius 1 is 1.32 bits per heavy atom. The Balaban J connectivity index is 1.85. The van der Waals surface area contributed by atoms with Crippen LogP contribution in [-0.2, 0) is 9.53 Å². The van der Waals surface area contributed by atoms with Crippen molar-refractivity contribution in [3.63, 3.8) is 0 Å². The van der Waals surface area contributed by atoms with Crippen molar-refractivity contribution in [2.75, 3.05) is 13.7 Å². The lowest BCUT2D eigenvalue weighted by Gasteiger charge is -2.33. The number of Topliss-reactive ketones (excluding diaryl/α,β-unsaturated/α-hetero) is 2. The molecule has 31 heavy (non-hydrogen) atoms. The van der Waals surface area contributed by atoms with Gasteiger partial charge in [-0.15, -0.1) is 0 Å². The van der Waals surface area contributed by atoms with Crippen molar-refractivity contribution in [3.8, 4) is 6.07 Å². The summed E-state index contributed by atoms with van der Waals surface area (Å²) in [7, 11) is 1.44. The average Bonchev–Trinajstić information content (AvgIpc) is 2.78. The van der Waals surface area contributed by atoms with Crippen molar-refractivity contribution in [1.82, 2.24) is 9.88 Å². The molecule has 154 valence electrons. The summed E-state index contributed by atoms with van der Waals surface area (Å²) >= 11 is 0. The largest absolute Gasteiger partial charge is 0.370 e. The minimum Gasteiger partial charge on any atom is -0.370 e. The lowest BCUT2D eigenvalue weighted by atomic mass is 9.81. The number of hydrogen-bond acceptors (Lipinski definition) is 6. The molecule has 1 aromatic heterocycles. The molecule has 0 saturated heterocycles. The zero-order valence-electron chi connectivity index (χ0n) is 16.7. The van der Waals surface area contributed by atoms with Gasteiger partial charge in [-0.05, 0) is 47.1 Å². The van der Waals surface area contributed by atoms with Crippen LogP contribution in [0, 0.1) is 17.1 Å². The van der Waals surface area contributed by atoms with Crippen molar-refractivity contribution in [1.29, 1.82) is 5.26 Å². The molecule has 2 heterocycles. The number of hydrogen-bond donors (Lipinski definition) is 0. The van der Waals surface area contributed by atoms with Crippen molar-refractivity contribution < 1.29 is 18.7 Å². The third kappa shape index (κ3) is 3.93. The number of carbonyl (C=O) groups is 2. The maximum absolute atomic E-state index is 14.0. The zero-order valence-corrected chi connectivity index (χ0v) is 16.7. The van der Waals surface area contributed by atoms with E-state index in [0.717, 1.165) is 0 Å². The lowest BCUT2D eigenvalue weighted by Crippen LogP contribution is -2.33. The highest BCUT2D eigenvalue weighted by molar-refractivity contribution is 5.99. The molecule has 1 atom stereocenters. The number of methoxy groups -OCH3 is 1. The van der Waals surface area contributed by atoms with Gasteiger partial charge in [-0.1, -0.05) is 18.2 Å². The van der Waals surface area contributed by atoms with Gasteiger partial charge < -0.3 is 9.64 Å². The molecular weight excluding hydrogens is 397 g/mol. The van der Waals surface area contributed by atoms with Crippen molar-refractivity contribution in [3.05, 3.63) is 94.9 Å². The number of pyridine rings is 1. The van der Waals surface area contributed by atoms with Gasteiger partial charge in [0.2, 0.25) is 5.78 Å². The molecule has 0 amide bonds. The molecule has 1 unspecified atom stereocenters. The molecule has 2 aliphatic rings. The normalized spacial score (nSPS) is 18.2. The van der Waals surface area contributed by atoms with E-state index in [1.54, 1.807) is 42.6 Å². The SMILES string of the molecule is COC1C=C2C(=CN(CC(=O)c3ccccn3)C(C#N)=C2c2cccc(F)c2)CC1=O. The Morgan fingerprint density at radius 2 is 2.16 bits per heavy atom. The average molecular weight is 415 g/mol. The molecule has 0 radical (unpaired) electrons. The summed E-state index contributed by atoms with van der Waals surface area (Å²) in [5.41, 5.74) is 2.68. The fourth-order valence-electron chi connectivity index (χ4n) is 3.76. The topological polar surface area (TPSA) is 83.3 Å². The van der Waals surface area contributed by atoms with Gasteiger partial charge in [0.1, 0.15) is 29.4 Å². The Kier molecular flexibility index (Phi) is 5.56. The number of halogens is 1. The number of rotatable bonds is 5. The number of aromatic nitrogens is 1. The molecule has 1 aliphatic carbocycles. The molecule has 0 spiro atoms. The number of nitrogens with zero attached hydrogens (tertiary/aromatic N) is 3. The van der Waals surface area contributed by atoms with E-state index in [-0.39, 0.29) is 35.9 Å². The number of allylic oxidation sites excluding steroid dienone is 4. The monoisotopic (exact) mass is 415 g/mol. The highest BCUT2D eigenvalue weighted by Crippen LogP contribution is 2.41. The quantitative estimate of drug-likeness (QED) is 0.696. The molecule has 1 aromatic carbocycles. The van der Waals surface area contributed by atoms with Gasteiger partial charge in [0.25, 0.3) is 0 Å². The summed E-state index contributed by atoms with van der Waals surface area (Å²) in [5, 5.41) is 9.99. The predicted octanol–water partition coefficient (Wildman–Crippen LogP) is 3.45. The van der Waals surface area contributed by atoms with Gasteiger partial charge in [0.05, 0.1) is 6.54 Å². The summed E-state index contributed by atoms with van der Waals surface area (Å²) in [4.78, 5) is 30.8. The maximum atomic E-state index is 14.0. The highest BCUT2D eigenvalue weighted by Gasteiger charge is 2.34. The number of ketones is 2. The Morgan fingerprint density at radius 3 is 2.84 bits per heavy atom. The van der Waals surface area contributed by atoms with Gasteiger partial charge in [0.15, 0.2) is 5.78 Å². The van der Waals surface area contributed by atoms with Gasteiger partial charge in [0, 0.05) is 31.5 Å². The number of fused-ring (bicyclic) bond motifs is 1. The lowest BCUT2D eigenvalue weighted by molar-refractivity contribution is -0.125. The van der Waals surface area contributed by atoms with E-state index in [0.29, 0.717) is 22.3 Å². The summed E-state index contributed by atoms with van der Waals surface area (Å²) in [6.07, 6.45) is 4.13. The van der Waals surface area contributed by atoms with E-state index >= 15 is 0 Å². The van der Waals surface area contributed by atoms with Crippen molar-refractivity contribution in [2.45, 2.75) is 12.5 Å². The second-order valence-corrected chi connectivity index (χ2v) is 7.15. The Labute approximate surface area is 178 Å². The summed E-state index contributed by atoms with van der Waals surface area (Å²) in [6.45, 7) is -0.141. The molecule has 0 saturated carbocycles. The molecule has 6 nitrogen and oxygen atoms in total. The molecule has 0 N–H and O–H groups in total. The third-order valence-electron chi connectivity index (χ3n) is 5.19. The maximum Gasteiger partial charge on any atom is 0.200 e. The Bertz CT molecular complexity index is 1190. The van der Waals surface area contributed by atoms with Crippen LogP contribution in [0.5, 0.6) is 0 Å². The molecule has 4 rings (SSSR count). The molecule has 0 bridgehead atoms. The second-order valence-electron chi connectivity index (χ2n) is 7.15. The number of ether oxygens (including phenoxy) is 1. The van der Waals surface area contributed by atoms with E-state index in [2.05, 4.69) is 11.1 Å². The van der Waals surface area contributed by atoms with Crippen LogP contribution in [0.2, 0.25) is 0 Å². The summed E-state index contributed by atoms with van der Waals surface area (Å²) in [6, 6.07) is 13.1. The van der Waals surface area contributed by atoms with Crippen LogP contribution in [0.3, 0.4) is 0 Å². The fourth-order valence-corrected chi connectivity index (χ4v) is 3.76. The van der Waals surface area contributed by atoms with Gasteiger partial charge in [-0.25, -0.2) is 4.39 Å². The highest BCUT2D eigenvalue weighted by atomic mass is 19.1. The number of carbonyl (C=O) groups excluding carboxylic acids is 2. The van der Waals surface area contributed by atoms with Crippen LogP contribution in [-0.4, -0.2) is 41.2 Å². The number of benzene rings is 1. The van der Waals surface area contributed by atoms with Crippen LogP contribution in [0.1, 0.15) is 22.5 Å². The van der Waals surface area contributed by atoms with Crippen LogP contribution in [0.25, 0.3) is 5.57 Å². The summed E-state index contributed by atoms with van der Waals surface area (Å²) < 4.78 is 19.3. The van der Waals surface area contributed by atoms with E-state index < -0.39 is 11.9 Å². The zero-order chi connectivity index (χ0) is 22.0. The van der Waals surface area contributed by atoms with Crippen LogP contribution in [0.4, 0.5) is 4.39 Å². The van der Waals surface area contributed by atoms with E-state index in [1.807, 2.05) is 0 Å². The first kappa shape index (κ1) is 20.4. The van der Waals surface area contributed by atoms with Gasteiger partial charge in [-0.3, -0.25) is 14.6 Å². The minimum atomic E-state index is -0.752. The van der Waals surface area contributed by atoms with Gasteiger partial charge in [-0.2, -0.15) is 5.26 Å². The fraction of sp³-hybridized carbons (Fsp3) is 0.167. The van der Waals surface area contributed by atoms with Crippen molar-refractivity contribution >= 4 is 17.1 Å². The predicted molar refractivity (Wildman–Crippen MR) is 111 cm³/mol. The molecule has 1 aliphatic heterocycles. The van der Waals surface area contributed by atoms with Gasteiger partial charge >= 0.3 is 0 Å². The molecule has 0 fully saturated rings. The molecule has 7 heteroatoms. The smallest absolute Gasteiger partial charge is 0.200 e. The molecular formula is C24H18FN3O3. The summed E-state index contributed by atoms with van der Waals surface area (Å²) in [5.74, 6) is -0.870. The molecule has 2 aromatic rings. The number of nitriles is 1. The van der Waals surface area contributed by atoms with E-state index in [4.69, 9.17) is 4.74 Å².